The van der Waals surface area contributed by atoms with E-state index in [9.17, 15) is 0 Å². The topological polar surface area (TPSA) is 27.1 Å². The monoisotopic (exact) mass is 240 g/mol. The van der Waals surface area contributed by atoms with Crippen LogP contribution in [0.5, 0.6) is 0 Å². The molecule has 0 aromatic heterocycles. The first-order valence-corrected chi connectivity index (χ1v) is 5.94. The van der Waals surface area contributed by atoms with Crippen molar-refractivity contribution in [3.8, 4) is 0 Å². The number of hydrogen-bond donors (Lipinski definition) is 2. The van der Waals surface area contributed by atoms with E-state index in [1.165, 1.54) is 0 Å². The SMILES string of the molecule is C[N+](C)=C(Nc1ccccc1)Nc1ccccc1. The number of guanidine groups is 1. The van der Waals surface area contributed by atoms with Crippen LogP contribution in [-0.4, -0.2) is 24.6 Å². The zero-order chi connectivity index (χ0) is 12.8. The number of para-hydroxylation sites is 2. The molecule has 0 fully saturated rings. The van der Waals surface area contributed by atoms with Crippen LogP contribution < -0.4 is 10.6 Å². The number of hydrogen-bond acceptors (Lipinski definition) is 0. The molecule has 0 aliphatic carbocycles. The van der Waals surface area contributed by atoms with E-state index in [0.717, 1.165) is 17.3 Å². The van der Waals surface area contributed by atoms with E-state index in [1.807, 2.05) is 79.3 Å². The number of benzene rings is 2. The molecule has 2 N–H and O–H groups in total. The van der Waals surface area contributed by atoms with Gasteiger partial charge in [0.15, 0.2) is 0 Å². The van der Waals surface area contributed by atoms with Gasteiger partial charge >= 0.3 is 5.96 Å². The molecule has 18 heavy (non-hydrogen) atoms. The van der Waals surface area contributed by atoms with Gasteiger partial charge in [-0.1, -0.05) is 36.4 Å². The van der Waals surface area contributed by atoms with E-state index >= 15 is 0 Å². The zero-order valence-corrected chi connectivity index (χ0v) is 10.7. The van der Waals surface area contributed by atoms with E-state index < -0.39 is 0 Å². The summed E-state index contributed by atoms with van der Waals surface area (Å²) in [6, 6.07) is 20.2. The van der Waals surface area contributed by atoms with E-state index in [1.54, 1.807) is 0 Å². The Kier molecular flexibility index (Phi) is 3.97. The summed E-state index contributed by atoms with van der Waals surface area (Å²) >= 11 is 0. The lowest BCUT2D eigenvalue weighted by atomic mass is 10.3. The van der Waals surface area contributed by atoms with Crippen LogP contribution in [0.2, 0.25) is 0 Å². The van der Waals surface area contributed by atoms with Gasteiger partial charge in [-0.15, -0.1) is 0 Å². The normalized spacial score (nSPS) is 9.67. The van der Waals surface area contributed by atoms with Gasteiger partial charge < -0.3 is 0 Å². The average molecular weight is 240 g/mol. The van der Waals surface area contributed by atoms with Gasteiger partial charge in [0.05, 0.1) is 25.5 Å². The van der Waals surface area contributed by atoms with Gasteiger partial charge in [0.2, 0.25) is 0 Å². The van der Waals surface area contributed by atoms with Gasteiger partial charge in [0, 0.05) is 0 Å². The van der Waals surface area contributed by atoms with E-state index in [4.69, 9.17) is 0 Å². The van der Waals surface area contributed by atoms with Gasteiger partial charge in [-0.2, -0.15) is 0 Å². The van der Waals surface area contributed by atoms with Crippen molar-refractivity contribution < 1.29 is 4.58 Å². The molecule has 3 nitrogen and oxygen atoms in total. The fourth-order valence-corrected chi connectivity index (χ4v) is 1.57. The van der Waals surface area contributed by atoms with Crippen molar-refractivity contribution in [3.63, 3.8) is 0 Å². The van der Waals surface area contributed by atoms with Crippen LogP contribution >= 0.6 is 0 Å². The predicted octanol–water partition coefficient (Wildman–Crippen LogP) is 2.84. The summed E-state index contributed by atoms with van der Waals surface area (Å²) in [5.74, 6) is 0.937. The molecule has 0 saturated carbocycles. The highest BCUT2D eigenvalue weighted by Gasteiger charge is 2.09. The fraction of sp³-hybridized carbons (Fsp3) is 0.133. The molecule has 0 amide bonds. The molecule has 0 unspecified atom stereocenters. The van der Waals surface area contributed by atoms with E-state index in [0.29, 0.717) is 0 Å². The molecular weight excluding hydrogens is 222 g/mol. The van der Waals surface area contributed by atoms with E-state index in [2.05, 4.69) is 10.6 Å². The molecule has 0 aliphatic heterocycles. The van der Waals surface area contributed by atoms with Crippen molar-refractivity contribution in [3.05, 3.63) is 60.7 Å². The third-order valence-corrected chi connectivity index (χ3v) is 2.52. The molecule has 0 spiro atoms. The Labute approximate surface area is 108 Å². The Morgan fingerprint density at radius 1 is 0.722 bits per heavy atom. The van der Waals surface area contributed by atoms with Gasteiger partial charge in [-0.25, -0.2) is 10.6 Å². The Morgan fingerprint density at radius 3 is 1.44 bits per heavy atom. The quantitative estimate of drug-likeness (QED) is 0.480. The van der Waals surface area contributed by atoms with E-state index in [-0.39, 0.29) is 0 Å². The van der Waals surface area contributed by atoms with Crippen LogP contribution in [0.25, 0.3) is 0 Å². The van der Waals surface area contributed by atoms with Crippen LogP contribution in [0.3, 0.4) is 0 Å². The Hall–Kier alpha value is -2.29. The summed E-state index contributed by atoms with van der Waals surface area (Å²) in [5.41, 5.74) is 2.12. The number of anilines is 2. The summed E-state index contributed by atoms with van der Waals surface area (Å²) in [5, 5.41) is 6.72. The van der Waals surface area contributed by atoms with Crippen molar-refractivity contribution in [2.45, 2.75) is 0 Å². The zero-order valence-electron chi connectivity index (χ0n) is 10.7. The van der Waals surface area contributed by atoms with Crippen molar-refractivity contribution in [1.29, 1.82) is 0 Å². The van der Waals surface area contributed by atoms with Crippen molar-refractivity contribution in [1.82, 2.24) is 0 Å². The van der Waals surface area contributed by atoms with Gasteiger partial charge in [-0.3, -0.25) is 4.58 Å². The maximum atomic E-state index is 3.36. The fourth-order valence-electron chi connectivity index (χ4n) is 1.57. The summed E-state index contributed by atoms with van der Waals surface area (Å²) in [4.78, 5) is 0. The Morgan fingerprint density at radius 2 is 1.11 bits per heavy atom. The van der Waals surface area contributed by atoms with Crippen LogP contribution in [0, 0.1) is 0 Å². The molecule has 0 saturated heterocycles. The highest BCUT2D eigenvalue weighted by atomic mass is 15.2. The molecule has 0 heterocycles. The molecule has 0 bridgehead atoms. The summed E-state index contributed by atoms with van der Waals surface area (Å²) < 4.78 is 2.01. The summed E-state index contributed by atoms with van der Waals surface area (Å²) in [7, 11) is 4.00. The van der Waals surface area contributed by atoms with Crippen LogP contribution in [0.4, 0.5) is 11.4 Å². The number of rotatable bonds is 2. The molecule has 2 aromatic rings. The summed E-state index contributed by atoms with van der Waals surface area (Å²) in [6.07, 6.45) is 0. The second-order valence-electron chi connectivity index (χ2n) is 4.23. The average Bonchev–Trinajstić information content (AvgIpc) is 2.40. The minimum Gasteiger partial charge on any atom is -0.270 e. The van der Waals surface area contributed by atoms with Crippen LogP contribution in [0.15, 0.2) is 60.7 Å². The van der Waals surface area contributed by atoms with Crippen LogP contribution in [-0.2, 0) is 0 Å². The Bertz CT molecular complexity index is 470. The minimum absolute atomic E-state index is 0.937. The molecule has 0 aliphatic rings. The molecule has 3 heteroatoms. The third kappa shape index (κ3) is 3.35. The highest BCUT2D eigenvalue weighted by Crippen LogP contribution is 2.08. The Balaban J connectivity index is 2.14. The first kappa shape index (κ1) is 12.2. The second kappa shape index (κ2) is 5.87. The van der Waals surface area contributed by atoms with Crippen LogP contribution in [0.1, 0.15) is 0 Å². The first-order valence-electron chi connectivity index (χ1n) is 5.94. The molecule has 92 valence electrons. The van der Waals surface area contributed by atoms with Crippen molar-refractivity contribution in [2.75, 3.05) is 24.7 Å². The smallest absolute Gasteiger partial charge is 0.270 e. The van der Waals surface area contributed by atoms with Crippen molar-refractivity contribution >= 4 is 17.3 Å². The lowest BCUT2D eigenvalue weighted by Gasteiger charge is -2.08. The lowest BCUT2D eigenvalue weighted by molar-refractivity contribution is -0.464. The molecule has 0 radical (unpaired) electrons. The molecular formula is C15H18N3+. The minimum atomic E-state index is 0.937. The maximum absolute atomic E-state index is 3.36. The molecule has 2 aromatic carbocycles. The molecule has 2 rings (SSSR count). The number of nitrogens with zero attached hydrogens (tertiary/aromatic N) is 1. The highest BCUT2D eigenvalue weighted by molar-refractivity contribution is 6.00. The summed E-state index contributed by atoms with van der Waals surface area (Å²) in [6.45, 7) is 0. The first-order chi connectivity index (χ1) is 8.75. The lowest BCUT2D eigenvalue weighted by Crippen LogP contribution is -2.30. The third-order valence-electron chi connectivity index (χ3n) is 2.52. The largest absolute Gasteiger partial charge is 0.355 e. The number of nitrogens with one attached hydrogen (secondary N) is 2. The predicted molar refractivity (Wildman–Crippen MR) is 77.2 cm³/mol. The van der Waals surface area contributed by atoms with Gasteiger partial charge in [0.1, 0.15) is 0 Å². The second-order valence-corrected chi connectivity index (χ2v) is 4.23. The van der Waals surface area contributed by atoms with Gasteiger partial charge in [0.25, 0.3) is 0 Å². The standard InChI is InChI=1S/C15H17N3/c1-18(2)15(16-13-9-5-3-6-10-13)17-14-11-7-4-8-12-14/h3-12H,1-2H3,(H,16,17)/p+1. The molecule has 0 atom stereocenters. The van der Waals surface area contributed by atoms with Crippen molar-refractivity contribution in [2.24, 2.45) is 0 Å². The maximum Gasteiger partial charge on any atom is 0.355 e. The van der Waals surface area contributed by atoms with Gasteiger partial charge in [-0.05, 0) is 24.3 Å².